The fourth-order valence-corrected chi connectivity index (χ4v) is 7.27. The molecule has 3 aliphatic carbocycles. The Labute approximate surface area is 239 Å². The number of amides is 2. The molecule has 0 saturated carbocycles. The maximum absolute atomic E-state index is 13.9. The Morgan fingerprint density at radius 3 is 2.51 bits per heavy atom. The number of halogens is 1. The number of carbonyl (C=O) groups excluding carboxylic acids is 4. The van der Waals surface area contributed by atoms with Crippen LogP contribution in [-0.2, 0) is 25.7 Å². The van der Waals surface area contributed by atoms with Crippen molar-refractivity contribution in [2.24, 2.45) is 17.8 Å². The lowest BCUT2D eigenvalue weighted by atomic mass is 9.59. The molecule has 1 aliphatic heterocycles. The van der Waals surface area contributed by atoms with Crippen LogP contribution in [0.25, 0.3) is 0 Å². The minimum atomic E-state index is -0.606. The molecule has 0 bridgehead atoms. The fourth-order valence-electron chi connectivity index (χ4n) is 6.64. The lowest BCUT2D eigenvalue weighted by Gasteiger charge is -2.42. The number of Topliss-reactive ketones (excluding diaryl/α,β-unsaturated/α-hetero) is 1. The van der Waals surface area contributed by atoms with Gasteiger partial charge in [0.15, 0.2) is 23.1 Å². The minimum absolute atomic E-state index is 0.00338. The van der Waals surface area contributed by atoms with Gasteiger partial charge in [-0.1, -0.05) is 42.0 Å². The standard InChI is InChI=1S/C31H26INO6/c1-15-10-23(34)21-13-20-18(25(27(21)28(15)35)17-11-22(32)29(36)24(12-17)39-2)8-9-19-26(20)31(38)33(30(19)37)14-16-6-4-3-5-7-16/h3-8,10-12,19-20,25-26,36H,9,13-14H2,1-2H3/t19-,20+,25-,26-/m0/s1. The van der Waals surface area contributed by atoms with Gasteiger partial charge in [-0.3, -0.25) is 24.1 Å². The Bertz CT molecular complexity index is 1550. The second-order valence-corrected chi connectivity index (χ2v) is 11.7. The number of ketones is 2. The molecule has 0 aromatic heterocycles. The monoisotopic (exact) mass is 635 g/mol. The predicted molar refractivity (Wildman–Crippen MR) is 151 cm³/mol. The first-order valence-electron chi connectivity index (χ1n) is 12.9. The number of benzene rings is 2. The van der Waals surface area contributed by atoms with Crippen molar-refractivity contribution in [1.29, 1.82) is 0 Å². The van der Waals surface area contributed by atoms with Crippen LogP contribution >= 0.6 is 22.6 Å². The molecule has 8 heteroatoms. The fraction of sp³-hybridized carbons (Fsp3) is 0.290. The maximum Gasteiger partial charge on any atom is 0.234 e. The van der Waals surface area contributed by atoms with Crippen LogP contribution in [0.1, 0.15) is 36.8 Å². The quantitative estimate of drug-likeness (QED) is 0.228. The minimum Gasteiger partial charge on any atom is -0.504 e. The van der Waals surface area contributed by atoms with Gasteiger partial charge in [0.1, 0.15) is 0 Å². The average molecular weight is 635 g/mol. The van der Waals surface area contributed by atoms with Crippen LogP contribution in [0.5, 0.6) is 11.5 Å². The van der Waals surface area contributed by atoms with Gasteiger partial charge in [0.25, 0.3) is 0 Å². The third-order valence-electron chi connectivity index (χ3n) is 8.44. The number of rotatable bonds is 4. The third kappa shape index (κ3) is 3.99. The summed E-state index contributed by atoms with van der Waals surface area (Å²) in [5.41, 5.74) is 3.64. The van der Waals surface area contributed by atoms with Gasteiger partial charge in [-0.25, -0.2) is 0 Å². The molecular weight excluding hydrogens is 609 g/mol. The molecule has 1 N–H and O–H groups in total. The summed E-state index contributed by atoms with van der Waals surface area (Å²) in [6, 6.07) is 12.9. The maximum atomic E-state index is 13.9. The van der Waals surface area contributed by atoms with Crippen LogP contribution < -0.4 is 4.74 Å². The van der Waals surface area contributed by atoms with E-state index in [2.05, 4.69) is 0 Å². The van der Waals surface area contributed by atoms with Gasteiger partial charge in [0.2, 0.25) is 11.8 Å². The zero-order chi connectivity index (χ0) is 27.6. The van der Waals surface area contributed by atoms with Crippen molar-refractivity contribution >= 4 is 46.0 Å². The molecule has 2 aromatic carbocycles. The number of aromatic hydroxyl groups is 1. The first-order chi connectivity index (χ1) is 18.7. The highest BCUT2D eigenvalue weighted by atomic mass is 127. The summed E-state index contributed by atoms with van der Waals surface area (Å²) >= 11 is 2.01. The summed E-state index contributed by atoms with van der Waals surface area (Å²) < 4.78 is 5.96. The largest absolute Gasteiger partial charge is 0.504 e. The topological polar surface area (TPSA) is 101 Å². The summed E-state index contributed by atoms with van der Waals surface area (Å²) in [7, 11) is 1.46. The van der Waals surface area contributed by atoms with E-state index in [9.17, 15) is 24.3 Å². The van der Waals surface area contributed by atoms with E-state index in [1.807, 2.05) is 59.0 Å². The molecule has 6 rings (SSSR count). The van der Waals surface area contributed by atoms with Crippen LogP contribution in [0.15, 0.2) is 76.9 Å². The molecule has 4 aliphatic rings. The average Bonchev–Trinajstić information content (AvgIpc) is 3.17. The Morgan fingerprint density at radius 1 is 1.05 bits per heavy atom. The first-order valence-corrected chi connectivity index (χ1v) is 13.9. The number of fused-ring (bicyclic) bond motifs is 3. The van der Waals surface area contributed by atoms with Crippen molar-refractivity contribution in [3.05, 3.63) is 91.6 Å². The predicted octanol–water partition coefficient (Wildman–Crippen LogP) is 4.64. The van der Waals surface area contributed by atoms with Crippen molar-refractivity contribution in [1.82, 2.24) is 4.90 Å². The van der Waals surface area contributed by atoms with Crippen LogP contribution in [0.4, 0.5) is 0 Å². The van der Waals surface area contributed by atoms with Crippen molar-refractivity contribution < 1.29 is 29.0 Å². The second kappa shape index (κ2) is 9.59. The summed E-state index contributed by atoms with van der Waals surface area (Å²) in [4.78, 5) is 55.5. The molecule has 0 spiro atoms. The molecule has 1 saturated heterocycles. The third-order valence-corrected chi connectivity index (χ3v) is 9.27. The highest BCUT2D eigenvalue weighted by Crippen LogP contribution is 2.56. The van der Waals surface area contributed by atoms with E-state index >= 15 is 0 Å². The van der Waals surface area contributed by atoms with Crippen LogP contribution in [0, 0.1) is 21.3 Å². The lowest BCUT2D eigenvalue weighted by Crippen LogP contribution is -2.39. The van der Waals surface area contributed by atoms with Gasteiger partial charge in [0, 0.05) is 22.6 Å². The van der Waals surface area contributed by atoms with Crippen molar-refractivity contribution in [2.75, 3.05) is 7.11 Å². The van der Waals surface area contributed by atoms with Gasteiger partial charge in [-0.15, -0.1) is 0 Å². The smallest absolute Gasteiger partial charge is 0.234 e. The molecule has 1 heterocycles. The number of hydrogen-bond donors (Lipinski definition) is 1. The highest BCUT2D eigenvalue weighted by Gasteiger charge is 2.56. The zero-order valence-electron chi connectivity index (χ0n) is 21.4. The molecule has 2 aromatic rings. The Morgan fingerprint density at radius 2 is 1.79 bits per heavy atom. The Balaban J connectivity index is 1.47. The molecule has 39 heavy (non-hydrogen) atoms. The van der Waals surface area contributed by atoms with Crippen LogP contribution in [-0.4, -0.2) is 40.5 Å². The van der Waals surface area contributed by atoms with Gasteiger partial charge in [-0.2, -0.15) is 0 Å². The van der Waals surface area contributed by atoms with Gasteiger partial charge in [0.05, 0.1) is 29.1 Å². The molecular formula is C31H26INO6. The van der Waals surface area contributed by atoms with E-state index in [0.29, 0.717) is 32.3 Å². The number of likely N-dealkylation sites (tertiary alicyclic amines) is 1. The lowest BCUT2D eigenvalue weighted by molar-refractivity contribution is -0.140. The number of methoxy groups -OCH3 is 1. The molecule has 7 nitrogen and oxygen atoms in total. The Hall–Kier alpha value is -3.53. The second-order valence-electron chi connectivity index (χ2n) is 10.5. The molecule has 2 amide bonds. The number of ether oxygens (including phenoxy) is 1. The number of carbonyl (C=O) groups is 4. The number of allylic oxidation sites excluding steroid dienone is 6. The van der Waals surface area contributed by atoms with Crippen molar-refractivity contribution in [2.45, 2.75) is 32.2 Å². The summed E-state index contributed by atoms with van der Waals surface area (Å²) in [5.74, 6) is -2.68. The highest BCUT2D eigenvalue weighted by molar-refractivity contribution is 14.1. The molecule has 0 unspecified atom stereocenters. The molecule has 0 radical (unpaired) electrons. The first kappa shape index (κ1) is 25.7. The summed E-state index contributed by atoms with van der Waals surface area (Å²) in [6.07, 6.45) is 3.99. The van der Waals surface area contributed by atoms with E-state index in [4.69, 9.17) is 4.74 Å². The normalized spacial score (nSPS) is 26.2. The van der Waals surface area contributed by atoms with Gasteiger partial charge >= 0.3 is 0 Å². The van der Waals surface area contributed by atoms with E-state index in [1.54, 1.807) is 19.1 Å². The van der Waals surface area contributed by atoms with Crippen molar-refractivity contribution in [3.8, 4) is 11.5 Å². The van der Waals surface area contributed by atoms with Crippen molar-refractivity contribution in [3.63, 3.8) is 0 Å². The molecule has 1 fully saturated rings. The SMILES string of the molecule is COc1cc([C@H]2C3=CC[C@@H]4C(=O)N(Cc5ccccc5)C(=O)[C@@H]4[C@@H]3CC3=C2C(=O)C(C)=CC3=O)cc(I)c1O. The van der Waals surface area contributed by atoms with Crippen LogP contribution in [0.2, 0.25) is 0 Å². The number of phenolic OH excluding ortho intramolecular Hbond substituents is 1. The number of phenols is 1. The van der Waals surface area contributed by atoms with E-state index in [0.717, 1.165) is 11.1 Å². The van der Waals surface area contributed by atoms with E-state index in [-0.39, 0.29) is 47.8 Å². The number of hydrogen-bond acceptors (Lipinski definition) is 6. The number of nitrogens with zero attached hydrogens (tertiary/aromatic N) is 1. The Kier molecular flexibility index (Phi) is 6.32. The number of imide groups is 1. The van der Waals surface area contributed by atoms with E-state index in [1.165, 1.54) is 18.1 Å². The van der Waals surface area contributed by atoms with E-state index < -0.39 is 23.7 Å². The van der Waals surface area contributed by atoms with Gasteiger partial charge in [-0.05, 0) is 77.6 Å². The zero-order valence-corrected chi connectivity index (χ0v) is 23.6. The van der Waals surface area contributed by atoms with Gasteiger partial charge < -0.3 is 9.84 Å². The summed E-state index contributed by atoms with van der Waals surface area (Å²) in [6.45, 7) is 1.85. The van der Waals surface area contributed by atoms with Crippen LogP contribution in [0.3, 0.4) is 0 Å². The molecule has 198 valence electrons. The summed E-state index contributed by atoms with van der Waals surface area (Å²) in [5, 5.41) is 10.5. The molecule has 4 atom stereocenters.